The highest BCUT2D eigenvalue weighted by Crippen LogP contribution is 2.33. The van der Waals surface area contributed by atoms with Crippen LogP contribution in [0.1, 0.15) is 17.5 Å². The molecule has 0 radical (unpaired) electrons. The third-order valence-electron chi connectivity index (χ3n) is 3.77. The van der Waals surface area contributed by atoms with Crippen molar-refractivity contribution in [1.82, 2.24) is 4.90 Å². The third-order valence-corrected chi connectivity index (χ3v) is 3.77. The summed E-state index contributed by atoms with van der Waals surface area (Å²) in [6.07, 6.45) is -10.6. The van der Waals surface area contributed by atoms with E-state index in [-0.39, 0.29) is 30.8 Å². The number of carboxylic acid groups (broad SMARTS) is 1. The molecule has 1 heterocycles. The molecule has 0 unspecified atom stereocenters. The predicted molar refractivity (Wildman–Crippen MR) is 85.2 cm³/mol. The van der Waals surface area contributed by atoms with Gasteiger partial charge in [-0.25, -0.2) is 13.6 Å². The Morgan fingerprint density at radius 1 is 1.24 bits per heavy atom. The molecule has 0 aromatic heterocycles. The van der Waals surface area contributed by atoms with E-state index in [1.807, 2.05) is 0 Å². The number of carbonyl (C=O) groups is 1. The van der Waals surface area contributed by atoms with Gasteiger partial charge in [0.05, 0.1) is 18.2 Å². The lowest BCUT2D eigenvalue weighted by Gasteiger charge is -2.37. The van der Waals surface area contributed by atoms with Gasteiger partial charge in [-0.2, -0.15) is 26.3 Å². The fourth-order valence-electron chi connectivity index (χ4n) is 2.65. The first-order chi connectivity index (χ1) is 13.0. The molecule has 1 fully saturated rings. The number of hydrogen-bond acceptors (Lipinski definition) is 4. The standard InChI is InChI=1S/C14H17F5N2O.C2HF3O2/c1-22-12-5-13(15,16)8-21(7-12)6-9-2-10(14(17,18)19)4-11(20)3-9;3-2(4,5)1(6)7/h2-4,12H,5-8,20H2,1H3;(H,6,7)/t12-;/m1./s1. The van der Waals surface area contributed by atoms with Crippen molar-refractivity contribution in [3.63, 3.8) is 0 Å². The number of nitrogens with two attached hydrogens (primary N) is 1. The number of nitrogens with zero attached hydrogens (tertiary/aromatic N) is 1. The molecule has 166 valence electrons. The quantitative estimate of drug-likeness (QED) is 0.555. The van der Waals surface area contributed by atoms with Crippen molar-refractivity contribution in [1.29, 1.82) is 0 Å². The number of rotatable bonds is 3. The minimum Gasteiger partial charge on any atom is -0.475 e. The number of halogens is 8. The molecular weight excluding hydrogens is 420 g/mol. The van der Waals surface area contributed by atoms with Crippen molar-refractivity contribution >= 4 is 11.7 Å². The van der Waals surface area contributed by atoms with Gasteiger partial charge in [0.15, 0.2) is 0 Å². The van der Waals surface area contributed by atoms with Crippen LogP contribution in [0, 0.1) is 0 Å². The van der Waals surface area contributed by atoms with Crippen LogP contribution in [0.4, 0.5) is 40.8 Å². The lowest BCUT2D eigenvalue weighted by Crippen LogP contribution is -2.49. The van der Waals surface area contributed by atoms with Crippen LogP contribution < -0.4 is 5.73 Å². The minimum absolute atomic E-state index is 0.0381. The maximum Gasteiger partial charge on any atom is 0.490 e. The normalized spacial score (nSPS) is 20.0. The molecule has 29 heavy (non-hydrogen) atoms. The van der Waals surface area contributed by atoms with Gasteiger partial charge in [0.1, 0.15) is 0 Å². The molecule has 1 aromatic carbocycles. The van der Waals surface area contributed by atoms with Crippen molar-refractivity contribution < 1.29 is 49.8 Å². The summed E-state index contributed by atoms with van der Waals surface area (Å²) in [5.74, 6) is -5.68. The predicted octanol–water partition coefficient (Wildman–Crippen LogP) is 3.78. The van der Waals surface area contributed by atoms with E-state index < -0.39 is 42.5 Å². The van der Waals surface area contributed by atoms with Crippen molar-refractivity contribution in [3.05, 3.63) is 29.3 Å². The average Bonchev–Trinajstić information content (AvgIpc) is 2.51. The summed E-state index contributed by atoms with van der Waals surface area (Å²) in [6, 6.07) is 3.13. The molecule has 1 atom stereocenters. The zero-order valence-electron chi connectivity index (χ0n) is 14.9. The summed E-state index contributed by atoms with van der Waals surface area (Å²) in [7, 11) is 1.34. The lowest BCUT2D eigenvalue weighted by atomic mass is 10.0. The molecule has 0 spiro atoms. The van der Waals surface area contributed by atoms with Crippen LogP contribution in [0.25, 0.3) is 0 Å². The number of carboxylic acids is 1. The zero-order valence-corrected chi connectivity index (χ0v) is 14.9. The molecule has 5 nitrogen and oxygen atoms in total. The average molecular weight is 438 g/mol. The topological polar surface area (TPSA) is 75.8 Å². The van der Waals surface area contributed by atoms with E-state index in [2.05, 4.69) is 0 Å². The Kier molecular flexibility index (Phi) is 7.82. The fourth-order valence-corrected chi connectivity index (χ4v) is 2.65. The van der Waals surface area contributed by atoms with Gasteiger partial charge in [-0.3, -0.25) is 4.90 Å². The molecule has 0 amide bonds. The van der Waals surface area contributed by atoms with E-state index in [0.717, 1.165) is 12.1 Å². The molecule has 0 saturated carbocycles. The number of benzene rings is 1. The minimum atomic E-state index is -5.08. The van der Waals surface area contributed by atoms with Gasteiger partial charge < -0.3 is 15.6 Å². The Morgan fingerprint density at radius 3 is 2.24 bits per heavy atom. The van der Waals surface area contributed by atoms with E-state index in [4.69, 9.17) is 20.4 Å². The van der Waals surface area contributed by atoms with Gasteiger partial charge in [-0.05, 0) is 23.8 Å². The first kappa shape index (κ1) is 24.9. The van der Waals surface area contributed by atoms with Gasteiger partial charge in [0.2, 0.25) is 0 Å². The molecule has 0 bridgehead atoms. The largest absolute Gasteiger partial charge is 0.490 e. The van der Waals surface area contributed by atoms with Crippen LogP contribution in [0.3, 0.4) is 0 Å². The highest BCUT2D eigenvalue weighted by Gasteiger charge is 2.40. The van der Waals surface area contributed by atoms with Crippen LogP contribution >= 0.6 is 0 Å². The van der Waals surface area contributed by atoms with Gasteiger partial charge in [0, 0.05) is 32.3 Å². The highest BCUT2D eigenvalue weighted by molar-refractivity contribution is 5.73. The first-order valence-electron chi connectivity index (χ1n) is 7.93. The van der Waals surface area contributed by atoms with Crippen LogP contribution in [0.5, 0.6) is 0 Å². The number of anilines is 1. The van der Waals surface area contributed by atoms with Gasteiger partial charge in [-0.1, -0.05) is 0 Å². The number of nitrogen functional groups attached to an aromatic ring is 1. The molecule has 3 N–H and O–H groups in total. The monoisotopic (exact) mass is 438 g/mol. The Hall–Kier alpha value is -2.15. The SMILES string of the molecule is CO[C@H]1CN(Cc2cc(N)cc(C(F)(F)F)c2)CC(F)(F)C1.O=C(O)C(F)(F)F. The lowest BCUT2D eigenvalue weighted by molar-refractivity contribution is -0.192. The van der Waals surface area contributed by atoms with Crippen LogP contribution in [0.15, 0.2) is 18.2 Å². The maximum atomic E-state index is 13.6. The molecule has 13 heteroatoms. The number of piperidine rings is 1. The number of likely N-dealkylation sites (tertiary alicyclic amines) is 1. The van der Waals surface area contributed by atoms with E-state index in [1.165, 1.54) is 18.1 Å². The Balaban J connectivity index is 0.000000516. The number of alkyl halides is 8. The van der Waals surface area contributed by atoms with Crippen molar-refractivity contribution in [2.45, 2.75) is 37.3 Å². The van der Waals surface area contributed by atoms with Crippen molar-refractivity contribution in [3.8, 4) is 0 Å². The number of hydrogen-bond donors (Lipinski definition) is 2. The smallest absolute Gasteiger partial charge is 0.475 e. The van der Waals surface area contributed by atoms with Crippen LogP contribution in [0.2, 0.25) is 0 Å². The summed E-state index contributed by atoms with van der Waals surface area (Å²) in [5.41, 5.74) is 4.80. The van der Waals surface area contributed by atoms with E-state index in [1.54, 1.807) is 0 Å². The summed E-state index contributed by atoms with van der Waals surface area (Å²) in [4.78, 5) is 10.3. The Morgan fingerprint density at radius 2 is 1.79 bits per heavy atom. The van der Waals surface area contributed by atoms with Crippen molar-refractivity contribution in [2.75, 3.05) is 25.9 Å². The molecule has 2 rings (SSSR count). The molecule has 1 saturated heterocycles. The van der Waals surface area contributed by atoms with Crippen LogP contribution in [-0.2, 0) is 22.3 Å². The molecule has 1 aliphatic heterocycles. The second kappa shape index (κ2) is 9.11. The first-order valence-corrected chi connectivity index (χ1v) is 7.93. The van der Waals surface area contributed by atoms with Crippen LogP contribution in [-0.4, -0.2) is 54.4 Å². The fraction of sp³-hybridized carbons (Fsp3) is 0.562. The van der Waals surface area contributed by atoms with E-state index in [0.29, 0.717) is 0 Å². The molecular formula is C16H18F8N2O3. The summed E-state index contributed by atoms with van der Waals surface area (Å²) >= 11 is 0. The van der Waals surface area contributed by atoms with E-state index in [9.17, 15) is 35.1 Å². The molecule has 0 aliphatic carbocycles. The molecule has 1 aromatic rings. The molecule has 1 aliphatic rings. The number of ether oxygens (including phenoxy) is 1. The maximum absolute atomic E-state index is 13.6. The number of aliphatic carboxylic acids is 1. The van der Waals surface area contributed by atoms with Gasteiger partial charge in [-0.15, -0.1) is 0 Å². The Labute approximate surface area is 160 Å². The summed E-state index contributed by atoms with van der Waals surface area (Å²) in [6.45, 7) is -0.311. The zero-order chi connectivity index (χ0) is 22.6. The third kappa shape index (κ3) is 8.40. The number of methoxy groups -OCH3 is 1. The van der Waals surface area contributed by atoms with Gasteiger partial charge >= 0.3 is 18.3 Å². The van der Waals surface area contributed by atoms with E-state index >= 15 is 0 Å². The van der Waals surface area contributed by atoms with Gasteiger partial charge in [0.25, 0.3) is 5.92 Å². The van der Waals surface area contributed by atoms with Crippen molar-refractivity contribution in [2.24, 2.45) is 0 Å². The summed E-state index contributed by atoms with van der Waals surface area (Å²) in [5, 5.41) is 7.12. The second-order valence-corrected chi connectivity index (χ2v) is 6.35. The second-order valence-electron chi connectivity index (χ2n) is 6.35. The Bertz CT molecular complexity index is 706. The highest BCUT2D eigenvalue weighted by atomic mass is 19.4. The summed E-state index contributed by atoms with van der Waals surface area (Å²) < 4.78 is 102.